The van der Waals surface area contributed by atoms with Gasteiger partial charge in [0, 0.05) is 0 Å². The molecule has 0 aliphatic carbocycles. The first-order chi connectivity index (χ1) is 5.74. The second-order valence-electron chi connectivity index (χ2n) is 2.20. The molecule has 13 heavy (non-hydrogen) atoms. The van der Waals surface area contributed by atoms with E-state index in [-0.39, 0.29) is 0 Å². The van der Waals surface area contributed by atoms with E-state index in [0.717, 1.165) is 0 Å². The van der Waals surface area contributed by atoms with Crippen molar-refractivity contribution in [2.75, 3.05) is 6.61 Å². The van der Waals surface area contributed by atoms with Crippen LogP contribution in [0.25, 0.3) is 0 Å². The Morgan fingerprint density at radius 1 is 1.46 bits per heavy atom. The molecule has 0 aromatic carbocycles. The SMILES string of the molecule is NC(=O)[C@@H](O)[C@H](O)COP(=O)(O)O. The van der Waals surface area contributed by atoms with Crippen molar-refractivity contribution in [3.63, 3.8) is 0 Å². The van der Waals surface area contributed by atoms with Gasteiger partial charge in [0.05, 0.1) is 6.61 Å². The normalized spacial score (nSPS) is 16.6. The summed E-state index contributed by atoms with van der Waals surface area (Å²) in [5.74, 6) is -1.21. The molecule has 0 radical (unpaired) electrons. The van der Waals surface area contributed by atoms with Gasteiger partial charge >= 0.3 is 7.82 Å². The van der Waals surface area contributed by atoms with Crippen LogP contribution in [0.5, 0.6) is 0 Å². The minimum Gasteiger partial charge on any atom is -0.387 e. The molecule has 8 nitrogen and oxygen atoms in total. The summed E-state index contributed by atoms with van der Waals surface area (Å²) in [6.45, 7) is -0.881. The van der Waals surface area contributed by atoms with Gasteiger partial charge in [0.1, 0.15) is 6.10 Å². The van der Waals surface area contributed by atoms with Gasteiger partial charge < -0.3 is 25.7 Å². The maximum Gasteiger partial charge on any atom is 0.469 e. The standard InChI is InChI=1S/C4H10NO7P/c5-4(8)3(7)2(6)1-12-13(9,10)11/h2-3,6-7H,1H2,(H2,5,8)(H2,9,10,11)/t2-,3+/m1/s1. The fraction of sp³-hybridized carbons (Fsp3) is 0.750. The van der Waals surface area contributed by atoms with Crippen LogP contribution in [-0.2, 0) is 13.9 Å². The fourth-order valence-electron chi connectivity index (χ4n) is 0.454. The molecule has 0 aliphatic rings. The van der Waals surface area contributed by atoms with E-state index >= 15 is 0 Å². The number of amides is 1. The molecule has 9 heteroatoms. The van der Waals surface area contributed by atoms with E-state index in [9.17, 15) is 9.36 Å². The van der Waals surface area contributed by atoms with Crippen LogP contribution in [0.1, 0.15) is 0 Å². The molecule has 0 aliphatic heterocycles. The summed E-state index contributed by atoms with van der Waals surface area (Å²) in [4.78, 5) is 26.6. The highest BCUT2D eigenvalue weighted by Crippen LogP contribution is 2.35. The number of hydrogen-bond acceptors (Lipinski definition) is 5. The van der Waals surface area contributed by atoms with Crippen LogP contribution in [-0.4, -0.2) is 44.7 Å². The zero-order valence-corrected chi connectivity index (χ0v) is 7.29. The molecule has 0 heterocycles. The number of aliphatic hydroxyl groups excluding tert-OH is 2. The van der Waals surface area contributed by atoms with Crippen LogP contribution < -0.4 is 5.73 Å². The smallest absolute Gasteiger partial charge is 0.387 e. The van der Waals surface area contributed by atoms with Crippen molar-refractivity contribution < 1.29 is 33.9 Å². The molecule has 78 valence electrons. The topological polar surface area (TPSA) is 150 Å². The number of carbonyl (C=O) groups excluding carboxylic acids is 1. The van der Waals surface area contributed by atoms with Gasteiger partial charge in [0.15, 0.2) is 6.10 Å². The number of hydrogen-bond donors (Lipinski definition) is 5. The molecule has 0 saturated carbocycles. The van der Waals surface area contributed by atoms with Crippen molar-refractivity contribution >= 4 is 13.7 Å². The highest BCUT2D eigenvalue weighted by Gasteiger charge is 2.25. The van der Waals surface area contributed by atoms with Crippen LogP contribution in [0.4, 0.5) is 0 Å². The van der Waals surface area contributed by atoms with Crippen molar-refractivity contribution in [3.8, 4) is 0 Å². The lowest BCUT2D eigenvalue weighted by Gasteiger charge is -2.14. The summed E-state index contributed by atoms with van der Waals surface area (Å²) < 4.78 is 13.9. The van der Waals surface area contributed by atoms with Crippen LogP contribution in [0.15, 0.2) is 0 Å². The van der Waals surface area contributed by atoms with Gasteiger partial charge in [-0.2, -0.15) is 0 Å². The zero-order valence-electron chi connectivity index (χ0n) is 6.40. The Kier molecular flexibility index (Phi) is 4.48. The predicted octanol–water partition coefficient (Wildman–Crippen LogP) is -2.70. The van der Waals surface area contributed by atoms with Crippen LogP contribution in [0.3, 0.4) is 0 Å². The predicted molar refractivity (Wildman–Crippen MR) is 39.2 cm³/mol. The molecule has 0 fully saturated rings. The summed E-state index contributed by atoms with van der Waals surface area (Å²) in [5.41, 5.74) is 4.58. The van der Waals surface area contributed by atoms with E-state index in [1.807, 2.05) is 0 Å². The molecule has 0 aromatic rings. The van der Waals surface area contributed by atoms with Crippen molar-refractivity contribution in [2.45, 2.75) is 12.2 Å². The van der Waals surface area contributed by atoms with E-state index in [1.54, 1.807) is 0 Å². The number of carbonyl (C=O) groups is 1. The molecular formula is C4H10NO7P. The summed E-state index contributed by atoms with van der Waals surface area (Å²) in [7, 11) is -4.71. The van der Waals surface area contributed by atoms with Gasteiger partial charge in [0.2, 0.25) is 5.91 Å². The Morgan fingerprint density at radius 2 is 1.92 bits per heavy atom. The lowest BCUT2D eigenvalue weighted by molar-refractivity contribution is -0.133. The number of phosphoric ester groups is 1. The minimum atomic E-state index is -4.71. The van der Waals surface area contributed by atoms with E-state index < -0.39 is 32.5 Å². The Balaban J connectivity index is 3.95. The lowest BCUT2D eigenvalue weighted by atomic mass is 10.2. The molecule has 0 rings (SSSR count). The van der Waals surface area contributed by atoms with Gasteiger partial charge in [-0.25, -0.2) is 4.57 Å². The first-order valence-corrected chi connectivity index (χ1v) is 4.62. The third-order valence-electron chi connectivity index (χ3n) is 1.07. The second kappa shape index (κ2) is 4.66. The minimum absolute atomic E-state index is 0.881. The summed E-state index contributed by atoms with van der Waals surface area (Å²) in [6.07, 6.45) is -3.67. The monoisotopic (exact) mass is 215 g/mol. The molecule has 0 saturated heterocycles. The van der Waals surface area contributed by atoms with Crippen LogP contribution in [0.2, 0.25) is 0 Å². The highest BCUT2D eigenvalue weighted by atomic mass is 31.2. The van der Waals surface area contributed by atoms with E-state index in [1.165, 1.54) is 0 Å². The molecule has 6 N–H and O–H groups in total. The second-order valence-corrected chi connectivity index (χ2v) is 3.44. The van der Waals surface area contributed by atoms with E-state index in [4.69, 9.17) is 20.0 Å². The number of phosphoric acid groups is 1. The molecular weight excluding hydrogens is 205 g/mol. The maximum absolute atomic E-state index is 10.2. The number of aliphatic hydroxyl groups is 2. The number of rotatable bonds is 5. The molecule has 0 bridgehead atoms. The average molecular weight is 215 g/mol. The molecule has 2 atom stereocenters. The number of primary amides is 1. The first-order valence-electron chi connectivity index (χ1n) is 3.09. The summed E-state index contributed by atoms with van der Waals surface area (Å²) in [6, 6.07) is 0. The Bertz CT molecular complexity index is 225. The van der Waals surface area contributed by atoms with E-state index in [2.05, 4.69) is 10.3 Å². The molecule has 0 spiro atoms. The fourth-order valence-corrected chi connectivity index (χ4v) is 0.801. The lowest BCUT2D eigenvalue weighted by Crippen LogP contribution is -2.41. The van der Waals surface area contributed by atoms with Crippen LogP contribution in [0, 0.1) is 0 Å². The van der Waals surface area contributed by atoms with Crippen molar-refractivity contribution in [1.82, 2.24) is 0 Å². The third kappa shape index (κ3) is 5.69. The van der Waals surface area contributed by atoms with Gasteiger partial charge in [0.25, 0.3) is 0 Å². The first kappa shape index (κ1) is 12.5. The Hall–Kier alpha value is -0.500. The Labute approximate surface area is 73.2 Å². The summed E-state index contributed by atoms with van der Waals surface area (Å²) >= 11 is 0. The average Bonchev–Trinajstić information content (AvgIpc) is 1.97. The highest BCUT2D eigenvalue weighted by molar-refractivity contribution is 7.46. The summed E-state index contributed by atoms with van der Waals surface area (Å²) in [5, 5.41) is 17.6. The van der Waals surface area contributed by atoms with Crippen molar-refractivity contribution in [3.05, 3.63) is 0 Å². The van der Waals surface area contributed by atoms with Crippen LogP contribution >= 0.6 is 7.82 Å². The van der Waals surface area contributed by atoms with Crippen molar-refractivity contribution in [1.29, 1.82) is 0 Å². The van der Waals surface area contributed by atoms with Gasteiger partial charge in [-0.05, 0) is 0 Å². The van der Waals surface area contributed by atoms with Gasteiger partial charge in [-0.3, -0.25) is 9.32 Å². The zero-order chi connectivity index (χ0) is 10.6. The third-order valence-corrected chi connectivity index (χ3v) is 1.55. The Morgan fingerprint density at radius 3 is 2.23 bits per heavy atom. The van der Waals surface area contributed by atoms with Gasteiger partial charge in [-0.15, -0.1) is 0 Å². The van der Waals surface area contributed by atoms with Crippen molar-refractivity contribution in [2.24, 2.45) is 5.73 Å². The quantitative estimate of drug-likeness (QED) is 0.313. The molecule has 0 unspecified atom stereocenters. The maximum atomic E-state index is 10.2. The number of nitrogens with two attached hydrogens (primary N) is 1. The molecule has 1 amide bonds. The molecule has 0 aromatic heterocycles. The van der Waals surface area contributed by atoms with Gasteiger partial charge in [-0.1, -0.05) is 0 Å². The van der Waals surface area contributed by atoms with E-state index in [0.29, 0.717) is 0 Å². The largest absolute Gasteiger partial charge is 0.469 e.